The first-order chi connectivity index (χ1) is 18.5. The topological polar surface area (TPSA) is 128 Å². The first kappa shape index (κ1) is 25.3. The van der Waals surface area contributed by atoms with Crippen LogP contribution in [0.5, 0.6) is 5.75 Å². The van der Waals surface area contributed by atoms with Crippen LogP contribution in [0, 0.1) is 0 Å². The number of furan rings is 1. The number of amides is 2. The van der Waals surface area contributed by atoms with E-state index in [1.54, 1.807) is 54.6 Å². The maximum Gasteiger partial charge on any atom is 0.287 e. The molecule has 1 aliphatic heterocycles. The Balaban J connectivity index is 1.08. The lowest BCUT2D eigenvalue weighted by Gasteiger charge is -2.23. The van der Waals surface area contributed by atoms with Gasteiger partial charge >= 0.3 is 0 Å². The zero-order valence-electron chi connectivity index (χ0n) is 20.9. The van der Waals surface area contributed by atoms with Crippen molar-refractivity contribution in [2.75, 3.05) is 43.9 Å². The number of hydrogen-bond acceptors (Lipinski definition) is 7. The molecule has 1 fully saturated rings. The molecule has 196 valence electrons. The summed E-state index contributed by atoms with van der Waals surface area (Å²) in [5.41, 5.74) is 9.22. The van der Waals surface area contributed by atoms with E-state index in [1.165, 1.54) is 0 Å². The van der Waals surface area contributed by atoms with E-state index in [-0.39, 0.29) is 30.3 Å². The number of nitrogen functional groups attached to an aromatic ring is 1. The van der Waals surface area contributed by atoms with Gasteiger partial charge in [-0.15, -0.1) is 0 Å². The van der Waals surface area contributed by atoms with E-state index < -0.39 is 0 Å². The summed E-state index contributed by atoms with van der Waals surface area (Å²) in [6.07, 6.45) is 0.957. The van der Waals surface area contributed by atoms with Crippen LogP contribution in [0.3, 0.4) is 0 Å². The normalized spacial score (nSPS) is 15.2. The molecule has 0 aliphatic carbocycles. The average molecular weight is 515 g/mol. The number of hydrogen-bond donors (Lipinski definition) is 4. The van der Waals surface area contributed by atoms with Crippen molar-refractivity contribution in [3.05, 3.63) is 89.7 Å². The number of morpholine rings is 1. The van der Waals surface area contributed by atoms with Crippen molar-refractivity contribution >= 4 is 34.2 Å². The van der Waals surface area contributed by atoms with Gasteiger partial charge in [-0.05, 0) is 66.6 Å². The third-order valence-corrected chi connectivity index (χ3v) is 6.25. The predicted octanol–water partition coefficient (Wildman–Crippen LogP) is 3.61. The van der Waals surface area contributed by atoms with E-state index in [4.69, 9.17) is 19.6 Å². The Morgan fingerprint density at radius 3 is 2.66 bits per heavy atom. The molecular formula is C29H30N4O5. The molecule has 1 aliphatic rings. The molecule has 1 aromatic heterocycles. The Kier molecular flexibility index (Phi) is 7.86. The van der Waals surface area contributed by atoms with Crippen molar-refractivity contribution in [1.82, 2.24) is 10.6 Å². The van der Waals surface area contributed by atoms with Crippen molar-refractivity contribution in [2.45, 2.75) is 12.5 Å². The molecule has 1 unspecified atom stereocenters. The van der Waals surface area contributed by atoms with Crippen molar-refractivity contribution in [3.63, 3.8) is 0 Å². The number of ether oxygens (including phenoxy) is 2. The molecule has 1 saturated heterocycles. The number of fused-ring (bicyclic) bond motifs is 1. The summed E-state index contributed by atoms with van der Waals surface area (Å²) in [6.45, 7) is 3.00. The maximum atomic E-state index is 12.6. The molecule has 4 aromatic rings. The number of para-hydroxylation sites is 2. The number of carbonyl (C=O) groups is 2. The first-order valence-electron chi connectivity index (χ1n) is 12.6. The summed E-state index contributed by atoms with van der Waals surface area (Å²) in [4.78, 5) is 25.0. The van der Waals surface area contributed by atoms with Crippen LogP contribution < -0.4 is 26.4 Å². The van der Waals surface area contributed by atoms with Crippen molar-refractivity contribution in [1.29, 1.82) is 0 Å². The third-order valence-electron chi connectivity index (χ3n) is 6.25. The molecule has 0 saturated carbocycles. The summed E-state index contributed by atoms with van der Waals surface area (Å²) >= 11 is 0. The number of nitrogens with two attached hydrogens (primary N) is 1. The molecule has 38 heavy (non-hydrogen) atoms. The van der Waals surface area contributed by atoms with Gasteiger partial charge in [0.2, 0.25) is 0 Å². The smallest absolute Gasteiger partial charge is 0.287 e. The van der Waals surface area contributed by atoms with Crippen LogP contribution in [0.2, 0.25) is 0 Å². The first-order valence-corrected chi connectivity index (χ1v) is 12.6. The maximum absolute atomic E-state index is 12.6. The van der Waals surface area contributed by atoms with Gasteiger partial charge in [0, 0.05) is 24.0 Å². The minimum absolute atomic E-state index is 0.151. The molecule has 1 atom stereocenters. The van der Waals surface area contributed by atoms with Gasteiger partial charge in [0.25, 0.3) is 11.8 Å². The fraction of sp³-hybridized carbons (Fsp3) is 0.241. The molecule has 0 spiro atoms. The van der Waals surface area contributed by atoms with Crippen LogP contribution in [0.25, 0.3) is 11.0 Å². The second-order valence-electron chi connectivity index (χ2n) is 9.05. The van der Waals surface area contributed by atoms with E-state index in [1.807, 2.05) is 18.2 Å². The van der Waals surface area contributed by atoms with Gasteiger partial charge in [-0.2, -0.15) is 0 Å². The van der Waals surface area contributed by atoms with Crippen LogP contribution in [0.1, 0.15) is 26.5 Å². The largest absolute Gasteiger partial charge is 0.492 e. The van der Waals surface area contributed by atoms with E-state index in [0.717, 1.165) is 37.1 Å². The predicted molar refractivity (Wildman–Crippen MR) is 146 cm³/mol. The number of carbonyl (C=O) groups excluding carboxylic acids is 2. The van der Waals surface area contributed by atoms with Crippen LogP contribution in [-0.4, -0.2) is 50.8 Å². The number of benzene rings is 3. The zero-order chi connectivity index (χ0) is 26.3. The summed E-state index contributed by atoms with van der Waals surface area (Å²) in [5.74, 6) is 0.267. The van der Waals surface area contributed by atoms with Gasteiger partial charge in [0.15, 0.2) is 5.76 Å². The fourth-order valence-electron chi connectivity index (χ4n) is 4.27. The van der Waals surface area contributed by atoms with Crippen LogP contribution in [0.4, 0.5) is 11.4 Å². The molecule has 5 N–H and O–H groups in total. The van der Waals surface area contributed by atoms with Gasteiger partial charge < -0.3 is 35.6 Å². The molecule has 0 radical (unpaired) electrons. The summed E-state index contributed by atoms with van der Waals surface area (Å²) in [7, 11) is 0. The zero-order valence-corrected chi connectivity index (χ0v) is 20.9. The summed E-state index contributed by atoms with van der Waals surface area (Å²) in [6, 6.07) is 21.5. The number of nitrogens with one attached hydrogen (secondary N) is 3. The van der Waals surface area contributed by atoms with E-state index >= 15 is 0 Å². The standard InChI is InChI=1S/C29H30N4O5/c30-24-3-1-2-4-25(24)33-28(34)20-6-8-22(9-7-20)36-14-12-32-29(35)27-17-21-15-19(5-10-26(21)38-27)16-23-18-31-11-13-37-23/h1-10,15,17,23,31H,11-14,16,18,30H2,(H,32,35)(H,33,34). The molecule has 9 heteroatoms. The highest BCUT2D eigenvalue weighted by Gasteiger charge is 2.16. The van der Waals surface area contributed by atoms with Gasteiger partial charge in [0.05, 0.1) is 30.6 Å². The highest BCUT2D eigenvalue weighted by molar-refractivity contribution is 6.05. The molecule has 5 rings (SSSR count). The minimum Gasteiger partial charge on any atom is -0.492 e. The van der Waals surface area contributed by atoms with E-state index in [2.05, 4.69) is 16.0 Å². The Labute approximate surface area is 220 Å². The molecule has 2 heterocycles. The Hall–Kier alpha value is -4.34. The van der Waals surface area contributed by atoms with Gasteiger partial charge in [-0.25, -0.2) is 0 Å². The van der Waals surface area contributed by atoms with Crippen LogP contribution >= 0.6 is 0 Å². The quantitative estimate of drug-likeness (QED) is 0.198. The third kappa shape index (κ3) is 6.31. The van der Waals surface area contributed by atoms with Crippen molar-refractivity contribution < 1.29 is 23.5 Å². The van der Waals surface area contributed by atoms with E-state index in [9.17, 15) is 9.59 Å². The second-order valence-corrected chi connectivity index (χ2v) is 9.05. The average Bonchev–Trinajstić information content (AvgIpc) is 3.37. The highest BCUT2D eigenvalue weighted by Crippen LogP contribution is 2.22. The van der Waals surface area contributed by atoms with Crippen molar-refractivity contribution in [3.8, 4) is 5.75 Å². The van der Waals surface area contributed by atoms with Crippen molar-refractivity contribution in [2.24, 2.45) is 0 Å². The van der Waals surface area contributed by atoms with E-state index in [0.29, 0.717) is 34.8 Å². The number of rotatable bonds is 9. The Bertz CT molecular complexity index is 1410. The monoisotopic (exact) mass is 514 g/mol. The van der Waals surface area contributed by atoms with Crippen LogP contribution in [-0.2, 0) is 11.2 Å². The Morgan fingerprint density at radius 2 is 1.87 bits per heavy atom. The molecule has 2 amide bonds. The van der Waals surface area contributed by atoms with Crippen LogP contribution in [0.15, 0.2) is 77.2 Å². The van der Waals surface area contributed by atoms with Gasteiger partial charge in [-0.3, -0.25) is 9.59 Å². The lowest BCUT2D eigenvalue weighted by molar-refractivity contribution is 0.0292. The number of anilines is 2. The fourth-order valence-corrected chi connectivity index (χ4v) is 4.27. The van der Waals surface area contributed by atoms with Gasteiger partial charge in [0.1, 0.15) is 17.9 Å². The molecule has 0 bridgehead atoms. The lowest BCUT2D eigenvalue weighted by Crippen LogP contribution is -2.39. The Morgan fingerprint density at radius 1 is 1.03 bits per heavy atom. The summed E-state index contributed by atoms with van der Waals surface area (Å²) < 4.78 is 17.2. The summed E-state index contributed by atoms with van der Waals surface area (Å²) in [5, 5.41) is 9.82. The molecule has 3 aromatic carbocycles. The molecule has 9 nitrogen and oxygen atoms in total. The lowest BCUT2D eigenvalue weighted by atomic mass is 10.1. The van der Waals surface area contributed by atoms with Gasteiger partial charge in [-0.1, -0.05) is 18.2 Å². The SMILES string of the molecule is Nc1ccccc1NC(=O)c1ccc(OCCNC(=O)c2cc3cc(CC4CNCCO4)ccc3o2)cc1. The minimum atomic E-state index is -0.307. The second kappa shape index (κ2) is 11.8. The molecular weight excluding hydrogens is 484 g/mol. The highest BCUT2D eigenvalue weighted by atomic mass is 16.5.